The topological polar surface area (TPSA) is 103 Å². The van der Waals surface area contributed by atoms with Crippen molar-refractivity contribution in [1.29, 1.82) is 0 Å². The molecule has 2 aromatic carbocycles. The second-order valence-corrected chi connectivity index (χ2v) is 9.76. The minimum atomic E-state index is -3.86. The fourth-order valence-corrected chi connectivity index (χ4v) is 5.70. The van der Waals surface area contributed by atoms with Crippen molar-refractivity contribution in [3.63, 3.8) is 0 Å². The SMILES string of the molecule is Nc1c(S(=O)(=O)c2ccccc2)c2nc3ccccc3nc2n1CCCN1CCOCC1. The van der Waals surface area contributed by atoms with Crippen LogP contribution in [0.3, 0.4) is 0 Å². The molecule has 0 unspecified atom stereocenters. The van der Waals surface area contributed by atoms with Gasteiger partial charge in [0.05, 0.1) is 29.1 Å². The zero-order valence-electron chi connectivity index (χ0n) is 17.6. The molecule has 3 heterocycles. The summed E-state index contributed by atoms with van der Waals surface area (Å²) < 4.78 is 34.3. The van der Waals surface area contributed by atoms with Crippen LogP contribution in [0.4, 0.5) is 5.82 Å². The van der Waals surface area contributed by atoms with E-state index in [-0.39, 0.29) is 15.6 Å². The highest BCUT2D eigenvalue weighted by atomic mass is 32.2. The number of benzene rings is 2. The Morgan fingerprint density at radius 3 is 2.28 bits per heavy atom. The number of morpholine rings is 1. The van der Waals surface area contributed by atoms with Crippen LogP contribution in [0, 0.1) is 0 Å². The van der Waals surface area contributed by atoms with Gasteiger partial charge in [-0.25, -0.2) is 18.4 Å². The van der Waals surface area contributed by atoms with Crippen LogP contribution >= 0.6 is 0 Å². The van der Waals surface area contributed by atoms with Gasteiger partial charge in [0.25, 0.3) is 0 Å². The number of ether oxygens (including phenoxy) is 1. The fraction of sp³-hybridized carbons (Fsp3) is 0.304. The zero-order chi connectivity index (χ0) is 22.1. The van der Waals surface area contributed by atoms with E-state index in [9.17, 15) is 8.42 Å². The van der Waals surface area contributed by atoms with Gasteiger partial charge in [0.2, 0.25) is 9.84 Å². The maximum atomic E-state index is 13.6. The van der Waals surface area contributed by atoms with Crippen LogP contribution in [0.15, 0.2) is 64.4 Å². The zero-order valence-corrected chi connectivity index (χ0v) is 18.5. The Labute approximate surface area is 186 Å². The van der Waals surface area contributed by atoms with Crippen molar-refractivity contribution < 1.29 is 13.2 Å². The van der Waals surface area contributed by atoms with Gasteiger partial charge in [-0.2, -0.15) is 0 Å². The number of nitrogens with two attached hydrogens (primary N) is 1. The number of fused-ring (bicyclic) bond motifs is 2. The average molecular weight is 452 g/mol. The normalized spacial score (nSPS) is 15.5. The third kappa shape index (κ3) is 3.72. The largest absolute Gasteiger partial charge is 0.384 e. The van der Waals surface area contributed by atoms with Crippen LogP contribution < -0.4 is 5.73 Å². The quantitative estimate of drug-likeness (QED) is 0.481. The average Bonchev–Trinajstić information content (AvgIpc) is 3.09. The molecule has 0 amide bonds. The molecule has 2 aromatic heterocycles. The lowest BCUT2D eigenvalue weighted by molar-refractivity contribution is 0.0370. The van der Waals surface area contributed by atoms with Gasteiger partial charge in [-0.3, -0.25) is 4.90 Å². The molecule has 0 atom stereocenters. The summed E-state index contributed by atoms with van der Waals surface area (Å²) in [4.78, 5) is 12.0. The van der Waals surface area contributed by atoms with Gasteiger partial charge in [0.1, 0.15) is 16.2 Å². The van der Waals surface area contributed by atoms with Gasteiger partial charge < -0.3 is 15.0 Å². The van der Waals surface area contributed by atoms with Crippen LogP contribution in [0.2, 0.25) is 0 Å². The Hall–Kier alpha value is -3.01. The summed E-state index contributed by atoms with van der Waals surface area (Å²) >= 11 is 0. The molecular formula is C23H25N5O3S. The molecule has 1 saturated heterocycles. The second-order valence-electron chi connectivity index (χ2n) is 7.87. The third-order valence-electron chi connectivity index (χ3n) is 5.83. The number of hydrogen-bond acceptors (Lipinski definition) is 7. The lowest BCUT2D eigenvalue weighted by Gasteiger charge is -2.26. The minimum absolute atomic E-state index is 0.0309. The first kappa shape index (κ1) is 20.9. The number of anilines is 1. The standard InChI is InChI=1S/C23H25N5O3S/c24-22-21(32(29,30)17-7-2-1-3-8-17)20-23(26-19-10-5-4-9-18(19)25-20)28(22)12-6-11-27-13-15-31-16-14-27/h1-5,7-10H,6,11-16,24H2. The van der Waals surface area contributed by atoms with E-state index in [1.54, 1.807) is 34.9 Å². The molecule has 2 N–H and O–H groups in total. The summed E-state index contributed by atoms with van der Waals surface area (Å²) in [6.45, 7) is 4.72. The molecule has 4 aromatic rings. The van der Waals surface area contributed by atoms with E-state index < -0.39 is 9.84 Å². The fourth-order valence-electron chi connectivity index (χ4n) is 4.18. The number of sulfone groups is 1. The summed E-state index contributed by atoms with van der Waals surface area (Å²) in [7, 11) is -3.86. The minimum Gasteiger partial charge on any atom is -0.384 e. The summed E-state index contributed by atoms with van der Waals surface area (Å²) in [5.74, 6) is 0.182. The van der Waals surface area contributed by atoms with Crippen LogP contribution in [0.25, 0.3) is 22.2 Å². The third-order valence-corrected chi connectivity index (χ3v) is 7.66. The Kier molecular flexibility index (Phi) is 5.54. The molecule has 0 radical (unpaired) electrons. The summed E-state index contributed by atoms with van der Waals surface area (Å²) in [6.07, 6.45) is 0.813. The molecule has 1 fully saturated rings. The van der Waals surface area contributed by atoms with E-state index >= 15 is 0 Å². The predicted molar refractivity (Wildman–Crippen MR) is 123 cm³/mol. The molecule has 9 heteroatoms. The Morgan fingerprint density at radius 2 is 1.56 bits per heavy atom. The van der Waals surface area contributed by atoms with Gasteiger partial charge >= 0.3 is 0 Å². The lowest BCUT2D eigenvalue weighted by atomic mass is 10.3. The van der Waals surface area contributed by atoms with E-state index in [1.807, 2.05) is 24.3 Å². The molecule has 0 bridgehead atoms. The van der Waals surface area contributed by atoms with Gasteiger partial charge in [-0.05, 0) is 30.7 Å². The van der Waals surface area contributed by atoms with Crippen LogP contribution in [0.1, 0.15) is 6.42 Å². The second kappa shape index (κ2) is 8.50. The molecular weight excluding hydrogens is 426 g/mol. The van der Waals surface area contributed by atoms with Crippen molar-refractivity contribution in [2.24, 2.45) is 0 Å². The summed E-state index contributed by atoms with van der Waals surface area (Å²) in [5, 5.41) is 0. The smallest absolute Gasteiger partial charge is 0.212 e. The molecule has 5 rings (SSSR count). The first-order valence-electron chi connectivity index (χ1n) is 10.7. The number of aromatic nitrogens is 3. The molecule has 0 aliphatic carbocycles. The Morgan fingerprint density at radius 1 is 0.906 bits per heavy atom. The molecule has 1 aliphatic heterocycles. The molecule has 0 saturated carbocycles. The summed E-state index contributed by atoms with van der Waals surface area (Å²) in [5.41, 5.74) is 8.64. The first-order chi connectivity index (χ1) is 15.6. The molecule has 8 nitrogen and oxygen atoms in total. The number of rotatable bonds is 6. The number of nitrogens with zero attached hydrogens (tertiary/aromatic N) is 4. The molecule has 0 spiro atoms. The van der Waals surface area contributed by atoms with Crippen molar-refractivity contribution in [1.82, 2.24) is 19.4 Å². The van der Waals surface area contributed by atoms with Gasteiger partial charge in [0, 0.05) is 26.2 Å². The van der Waals surface area contributed by atoms with E-state index in [2.05, 4.69) is 9.88 Å². The molecule has 166 valence electrons. The van der Waals surface area contributed by atoms with Crippen LogP contribution in [-0.4, -0.2) is 60.7 Å². The number of nitrogen functional groups attached to an aromatic ring is 1. The van der Waals surface area contributed by atoms with E-state index in [0.717, 1.165) is 39.3 Å². The van der Waals surface area contributed by atoms with E-state index in [0.29, 0.717) is 28.7 Å². The van der Waals surface area contributed by atoms with Crippen molar-refractivity contribution in [3.8, 4) is 0 Å². The predicted octanol–water partition coefficient (Wildman–Crippen LogP) is 2.72. The maximum absolute atomic E-state index is 13.6. The highest BCUT2D eigenvalue weighted by Gasteiger charge is 2.30. The van der Waals surface area contributed by atoms with Crippen molar-refractivity contribution in [2.75, 3.05) is 38.6 Å². The monoisotopic (exact) mass is 451 g/mol. The Bertz CT molecular complexity index is 1360. The lowest BCUT2D eigenvalue weighted by Crippen LogP contribution is -2.37. The number of aryl methyl sites for hydroxylation is 1. The van der Waals surface area contributed by atoms with Crippen LogP contribution in [-0.2, 0) is 21.1 Å². The maximum Gasteiger partial charge on any atom is 0.212 e. The number of para-hydroxylation sites is 2. The van der Waals surface area contributed by atoms with E-state index in [4.69, 9.17) is 15.5 Å². The van der Waals surface area contributed by atoms with Gasteiger partial charge in [-0.15, -0.1) is 0 Å². The number of hydrogen-bond donors (Lipinski definition) is 1. The van der Waals surface area contributed by atoms with Crippen LogP contribution in [0.5, 0.6) is 0 Å². The van der Waals surface area contributed by atoms with Crippen molar-refractivity contribution in [3.05, 3.63) is 54.6 Å². The highest BCUT2D eigenvalue weighted by Crippen LogP contribution is 2.35. The Balaban J connectivity index is 1.61. The van der Waals surface area contributed by atoms with E-state index in [1.165, 1.54) is 0 Å². The van der Waals surface area contributed by atoms with Gasteiger partial charge in [0.15, 0.2) is 5.65 Å². The van der Waals surface area contributed by atoms with Crippen molar-refractivity contribution >= 4 is 37.9 Å². The van der Waals surface area contributed by atoms with Crippen molar-refractivity contribution in [2.45, 2.75) is 22.8 Å². The molecule has 1 aliphatic rings. The van der Waals surface area contributed by atoms with Gasteiger partial charge in [-0.1, -0.05) is 30.3 Å². The molecule has 32 heavy (non-hydrogen) atoms. The summed E-state index contributed by atoms with van der Waals surface area (Å²) in [6, 6.07) is 15.8. The first-order valence-corrected chi connectivity index (χ1v) is 12.2. The highest BCUT2D eigenvalue weighted by molar-refractivity contribution is 7.92.